The maximum absolute atomic E-state index is 11.6. The highest BCUT2D eigenvalue weighted by Gasteiger charge is 2.11. The van der Waals surface area contributed by atoms with Crippen LogP contribution in [0.1, 0.15) is 10.6 Å². The Bertz CT molecular complexity index is 644. The number of hydrogen-bond donors (Lipinski definition) is 3. The first-order valence-electron chi connectivity index (χ1n) is 5.43. The molecule has 3 amide bonds. The van der Waals surface area contributed by atoms with Crippen LogP contribution in [0.2, 0.25) is 5.02 Å². The molecule has 0 saturated heterocycles. The van der Waals surface area contributed by atoms with Crippen molar-refractivity contribution in [2.75, 3.05) is 5.32 Å². The molecular formula is C12H9BrClN3O3. The van der Waals surface area contributed by atoms with E-state index in [-0.39, 0.29) is 5.76 Å². The summed E-state index contributed by atoms with van der Waals surface area (Å²) in [4.78, 5) is 23.1. The second-order valence-corrected chi connectivity index (χ2v) is 4.87. The molecule has 0 unspecified atom stereocenters. The van der Waals surface area contributed by atoms with Crippen molar-refractivity contribution in [1.29, 1.82) is 0 Å². The van der Waals surface area contributed by atoms with Gasteiger partial charge >= 0.3 is 11.9 Å². The number of amides is 3. The van der Waals surface area contributed by atoms with Gasteiger partial charge in [0.25, 0.3) is 0 Å². The summed E-state index contributed by atoms with van der Waals surface area (Å²) in [5.41, 5.74) is 4.89. The van der Waals surface area contributed by atoms with Gasteiger partial charge in [0.15, 0.2) is 10.4 Å². The molecule has 0 aliphatic rings. The molecule has 2 rings (SSSR count). The Morgan fingerprint density at radius 1 is 1.15 bits per heavy atom. The Labute approximate surface area is 127 Å². The van der Waals surface area contributed by atoms with Gasteiger partial charge in [0.1, 0.15) is 0 Å². The van der Waals surface area contributed by atoms with Crippen LogP contribution in [0.4, 0.5) is 10.5 Å². The zero-order valence-corrected chi connectivity index (χ0v) is 12.3. The number of hydrogen-bond acceptors (Lipinski definition) is 3. The molecule has 1 aromatic heterocycles. The molecule has 1 aromatic carbocycles. The smallest absolute Gasteiger partial charge is 0.337 e. The summed E-state index contributed by atoms with van der Waals surface area (Å²) in [5.74, 6) is -0.503. The molecule has 3 N–H and O–H groups in total. The molecule has 0 aliphatic heterocycles. The summed E-state index contributed by atoms with van der Waals surface area (Å²) in [6.45, 7) is 0. The number of benzene rings is 1. The second-order valence-electron chi connectivity index (χ2n) is 3.65. The van der Waals surface area contributed by atoms with E-state index in [0.29, 0.717) is 15.4 Å². The van der Waals surface area contributed by atoms with E-state index in [1.54, 1.807) is 30.3 Å². The molecular weight excluding hydrogens is 350 g/mol. The van der Waals surface area contributed by atoms with Crippen LogP contribution in [0, 0.1) is 0 Å². The maximum Gasteiger partial charge on any atom is 0.337 e. The number of nitrogens with one attached hydrogen (secondary N) is 3. The number of rotatable bonds is 2. The zero-order chi connectivity index (χ0) is 14.5. The van der Waals surface area contributed by atoms with Crippen LogP contribution in [0.25, 0.3) is 0 Å². The van der Waals surface area contributed by atoms with Crippen molar-refractivity contribution in [3.05, 3.63) is 51.9 Å². The molecule has 8 heteroatoms. The minimum atomic E-state index is -0.605. The predicted molar refractivity (Wildman–Crippen MR) is 77.5 cm³/mol. The Hall–Kier alpha value is -1.99. The molecule has 1 heterocycles. The first-order chi connectivity index (χ1) is 9.54. The van der Waals surface area contributed by atoms with E-state index in [2.05, 4.69) is 32.1 Å². The average Bonchev–Trinajstić information content (AvgIpc) is 2.83. The van der Waals surface area contributed by atoms with Gasteiger partial charge in [-0.3, -0.25) is 10.2 Å². The van der Waals surface area contributed by atoms with Gasteiger partial charge in [-0.25, -0.2) is 10.2 Å². The van der Waals surface area contributed by atoms with Gasteiger partial charge in [-0.2, -0.15) is 0 Å². The standard InChI is InChI=1S/C12H9BrClN3O3/c13-10-5-4-9(20-10)11(18)16-17-12(19)15-8-3-1-2-7(14)6-8/h1-6H,(H,16,18)(H2,15,17,19). The van der Waals surface area contributed by atoms with Gasteiger partial charge in [-0.1, -0.05) is 17.7 Å². The van der Waals surface area contributed by atoms with Crippen LogP contribution < -0.4 is 16.2 Å². The molecule has 20 heavy (non-hydrogen) atoms. The topological polar surface area (TPSA) is 83.4 Å². The van der Waals surface area contributed by atoms with Gasteiger partial charge in [-0.15, -0.1) is 0 Å². The van der Waals surface area contributed by atoms with E-state index in [0.717, 1.165) is 0 Å². The van der Waals surface area contributed by atoms with Crippen LogP contribution in [0.3, 0.4) is 0 Å². The van der Waals surface area contributed by atoms with E-state index in [1.807, 2.05) is 0 Å². The Kier molecular flexibility index (Phi) is 4.65. The fourth-order valence-corrected chi connectivity index (χ4v) is 1.84. The lowest BCUT2D eigenvalue weighted by molar-refractivity contribution is 0.0909. The SMILES string of the molecule is O=C(NNC(=O)c1ccc(Br)o1)Nc1cccc(Cl)c1. The van der Waals surface area contributed by atoms with Gasteiger partial charge in [0.2, 0.25) is 0 Å². The Balaban J connectivity index is 1.85. The van der Waals surface area contributed by atoms with Crippen molar-refractivity contribution in [3.8, 4) is 0 Å². The number of anilines is 1. The lowest BCUT2D eigenvalue weighted by Gasteiger charge is -2.08. The summed E-state index contributed by atoms with van der Waals surface area (Å²) >= 11 is 8.85. The van der Waals surface area contributed by atoms with Crippen molar-refractivity contribution < 1.29 is 14.0 Å². The molecule has 0 spiro atoms. The largest absolute Gasteiger partial charge is 0.444 e. The predicted octanol–water partition coefficient (Wildman–Crippen LogP) is 3.16. The first-order valence-corrected chi connectivity index (χ1v) is 6.60. The average molecular weight is 359 g/mol. The van der Waals surface area contributed by atoms with Crippen molar-refractivity contribution >= 4 is 45.2 Å². The van der Waals surface area contributed by atoms with Gasteiger partial charge in [0.05, 0.1) is 0 Å². The zero-order valence-electron chi connectivity index (χ0n) is 9.94. The second kappa shape index (κ2) is 6.44. The molecule has 0 saturated carbocycles. The lowest BCUT2D eigenvalue weighted by atomic mass is 10.3. The van der Waals surface area contributed by atoms with Crippen molar-refractivity contribution in [1.82, 2.24) is 10.9 Å². The number of carbonyl (C=O) groups is 2. The van der Waals surface area contributed by atoms with Crippen LogP contribution in [0.5, 0.6) is 0 Å². The van der Waals surface area contributed by atoms with E-state index in [1.165, 1.54) is 6.07 Å². The van der Waals surface area contributed by atoms with E-state index < -0.39 is 11.9 Å². The van der Waals surface area contributed by atoms with E-state index in [4.69, 9.17) is 16.0 Å². The Morgan fingerprint density at radius 3 is 2.60 bits per heavy atom. The summed E-state index contributed by atoms with van der Waals surface area (Å²) < 4.78 is 5.45. The highest BCUT2D eigenvalue weighted by molar-refractivity contribution is 9.10. The van der Waals surface area contributed by atoms with E-state index in [9.17, 15) is 9.59 Å². The number of carbonyl (C=O) groups excluding carboxylic acids is 2. The number of furan rings is 1. The third kappa shape index (κ3) is 4.01. The van der Waals surface area contributed by atoms with E-state index >= 15 is 0 Å². The van der Waals surface area contributed by atoms with Gasteiger partial charge in [0, 0.05) is 10.7 Å². The van der Waals surface area contributed by atoms with Crippen LogP contribution in [0.15, 0.2) is 45.5 Å². The monoisotopic (exact) mass is 357 g/mol. The fraction of sp³-hybridized carbons (Fsp3) is 0. The van der Waals surface area contributed by atoms with Gasteiger partial charge < -0.3 is 9.73 Å². The molecule has 0 radical (unpaired) electrons. The fourth-order valence-electron chi connectivity index (χ4n) is 1.34. The third-order valence-electron chi connectivity index (χ3n) is 2.17. The van der Waals surface area contributed by atoms with Crippen molar-refractivity contribution in [3.63, 3.8) is 0 Å². The summed E-state index contributed by atoms with van der Waals surface area (Å²) in [5, 5.41) is 3.00. The number of hydrazine groups is 1. The highest BCUT2D eigenvalue weighted by atomic mass is 79.9. The third-order valence-corrected chi connectivity index (χ3v) is 2.83. The molecule has 0 atom stereocenters. The highest BCUT2D eigenvalue weighted by Crippen LogP contribution is 2.15. The normalized spacial score (nSPS) is 9.90. The first kappa shape index (κ1) is 14.4. The molecule has 6 nitrogen and oxygen atoms in total. The minimum absolute atomic E-state index is 0.0694. The van der Waals surface area contributed by atoms with Crippen LogP contribution in [-0.4, -0.2) is 11.9 Å². The van der Waals surface area contributed by atoms with Crippen molar-refractivity contribution in [2.45, 2.75) is 0 Å². The van der Waals surface area contributed by atoms with Crippen molar-refractivity contribution in [2.24, 2.45) is 0 Å². The van der Waals surface area contributed by atoms with Crippen LogP contribution >= 0.6 is 27.5 Å². The minimum Gasteiger partial charge on any atom is -0.444 e. The lowest BCUT2D eigenvalue weighted by Crippen LogP contribution is -2.43. The summed E-state index contributed by atoms with van der Waals surface area (Å²) in [6, 6.07) is 9.05. The summed E-state index contributed by atoms with van der Waals surface area (Å²) in [6.07, 6.45) is 0. The number of halogens is 2. The van der Waals surface area contributed by atoms with Gasteiger partial charge in [-0.05, 0) is 46.3 Å². The molecule has 0 aliphatic carbocycles. The maximum atomic E-state index is 11.6. The number of urea groups is 1. The molecule has 104 valence electrons. The quantitative estimate of drug-likeness (QED) is 0.721. The Morgan fingerprint density at radius 2 is 1.95 bits per heavy atom. The molecule has 2 aromatic rings. The van der Waals surface area contributed by atoms with Crippen LogP contribution in [-0.2, 0) is 0 Å². The summed E-state index contributed by atoms with van der Waals surface area (Å²) in [7, 11) is 0. The molecule has 0 fully saturated rings. The molecule has 0 bridgehead atoms.